The summed E-state index contributed by atoms with van der Waals surface area (Å²) in [6.45, 7) is 5.67. The third kappa shape index (κ3) is 3.23. The van der Waals surface area contributed by atoms with Crippen molar-refractivity contribution in [3.05, 3.63) is 23.8 Å². The van der Waals surface area contributed by atoms with E-state index in [2.05, 4.69) is 10.6 Å². The van der Waals surface area contributed by atoms with E-state index in [4.69, 9.17) is 4.74 Å². The van der Waals surface area contributed by atoms with Crippen LogP contribution in [0.25, 0.3) is 0 Å². The lowest BCUT2D eigenvalue weighted by molar-refractivity contribution is -0.116. The zero-order valence-corrected chi connectivity index (χ0v) is 11.0. The summed E-state index contributed by atoms with van der Waals surface area (Å²) < 4.78 is 5.43. The zero-order chi connectivity index (χ0) is 13.0. The number of hydrogen-bond donors (Lipinski definition) is 2. The van der Waals surface area contributed by atoms with Gasteiger partial charge in [-0.15, -0.1) is 0 Å². The lowest BCUT2D eigenvalue weighted by atomic mass is 10.1. The van der Waals surface area contributed by atoms with Crippen molar-refractivity contribution in [1.82, 2.24) is 5.32 Å². The van der Waals surface area contributed by atoms with E-state index in [9.17, 15) is 4.79 Å². The topological polar surface area (TPSA) is 50.4 Å². The Balaban J connectivity index is 1.91. The van der Waals surface area contributed by atoms with Crippen molar-refractivity contribution >= 4 is 11.6 Å². The molecule has 0 aromatic heterocycles. The first-order valence-electron chi connectivity index (χ1n) is 6.48. The fourth-order valence-electron chi connectivity index (χ4n) is 2.18. The van der Waals surface area contributed by atoms with E-state index in [1.165, 1.54) is 5.56 Å². The number of carbonyl (C=O) groups is 1. The summed E-state index contributed by atoms with van der Waals surface area (Å²) >= 11 is 0. The molecule has 1 atom stereocenters. The van der Waals surface area contributed by atoms with Crippen molar-refractivity contribution in [2.75, 3.05) is 18.5 Å². The van der Waals surface area contributed by atoms with Crippen LogP contribution in [-0.2, 0) is 11.2 Å². The van der Waals surface area contributed by atoms with Gasteiger partial charge in [-0.3, -0.25) is 4.79 Å². The van der Waals surface area contributed by atoms with Crippen LogP contribution < -0.4 is 15.4 Å². The molecule has 4 heteroatoms. The molecule has 0 saturated carbocycles. The quantitative estimate of drug-likeness (QED) is 0.837. The van der Waals surface area contributed by atoms with Gasteiger partial charge in [0.2, 0.25) is 5.91 Å². The summed E-state index contributed by atoms with van der Waals surface area (Å²) in [6.07, 6.45) is 1.41. The summed E-state index contributed by atoms with van der Waals surface area (Å²) in [5.41, 5.74) is 2.03. The first kappa shape index (κ1) is 12.9. The Labute approximate surface area is 108 Å². The van der Waals surface area contributed by atoms with Crippen LogP contribution in [0, 0.1) is 0 Å². The Kier molecular flexibility index (Phi) is 4.20. The van der Waals surface area contributed by atoms with Crippen LogP contribution in [0.2, 0.25) is 0 Å². The maximum atomic E-state index is 11.8. The molecule has 2 rings (SSSR count). The Morgan fingerprint density at radius 2 is 2.33 bits per heavy atom. The number of anilines is 1. The van der Waals surface area contributed by atoms with Crippen LogP contribution in [-0.4, -0.2) is 25.1 Å². The average Bonchev–Trinajstić information content (AvgIpc) is 2.76. The summed E-state index contributed by atoms with van der Waals surface area (Å²) in [5, 5.41) is 6.15. The molecule has 1 amide bonds. The molecule has 0 fully saturated rings. The minimum atomic E-state index is 0.0438. The van der Waals surface area contributed by atoms with E-state index in [1.807, 2.05) is 32.0 Å². The molecule has 1 aromatic carbocycles. The van der Waals surface area contributed by atoms with Gasteiger partial charge >= 0.3 is 0 Å². The molecule has 0 radical (unpaired) electrons. The SMILES string of the molecule is CCNC(C)CC(=O)Nc1ccc2c(c1)CCO2. The van der Waals surface area contributed by atoms with Gasteiger partial charge in [0.25, 0.3) is 0 Å². The van der Waals surface area contributed by atoms with Crippen LogP contribution in [0.4, 0.5) is 5.69 Å². The molecule has 0 aliphatic carbocycles. The number of hydrogen-bond acceptors (Lipinski definition) is 3. The molecule has 1 heterocycles. The second-order valence-electron chi connectivity index (χ2n) is 4.63. The van der Waals surface area contributed by atoms with Gasteiger partial charge in [0.05, 0.1) is 6.61 Å². The van der Waals surface area contributed by atoms with Crippen LogP contribution >= 0.6 is 0 Å². The molecule has 1 aliphatic heterocycles. The highest BCUT2D eigenvalue weighted by Gasteiger charge is 2.13. The van der Waals surface area contributed by atoms with Crippen molar-refractivity contribution in [2.24, 2.45) is 0 Å². The standard InChI is InChI=1S/C14H20N2O2/c1-3-15-10(2)8-14(17)16-12-4-5-13-11(9-12)6-7-18-13/h4-5,9-10,15H,3,6-8H2,1-2H3,(H,16,17). The maximum absolute atomic E-state index is 11.8. The highest BCUT2D eigenvalue weighted by Crippen LogP contribution is 2.27. The normalized spacial score (nSPS) is 14.8. The summed E-state index contributed by atoms with van der Waals surface area (Å²) in [6, 6.07) is 6.01. The van der Waals surface area contributed by atoms with Crippen molar-refractivity contribution in [1.29, 1.82) is 0 Å². The molecule has 0 spiro atoms. The second-order valence-corrected chi connectivity index (χ2v) is 4.63. The number of fused-ring (bicyclic) bond motifs is 1. The first-order chi connectivity index (χ1) is 8.69. The summed E-state index contributed by atoms with van der Waals surface area (Å²) in [7, 11) is 0. The number of carbonyl (C=O) groups excluding carboxylic acids is 1. The second kappa shape index (κ2) is 5.87. The third-order valence-electron chi connectivity index (χ3n) is 3.02. The zero-order valence-electron chi connectivity index (χ0n) is 11.0. The molecule has 1 unspecified atom stereocenters. The number of rotatable bonds is 5. The van der Waals surface area contributed by atoms with E-state index in [0.717, 1.165) is 31.0 Å². The van der Waals surface area contributed by atoms with E-state index >= 15 is 0 Å². The van der Waals surface area contributed by atoms with Crippen LogP contribution in [0.15, 0.2) is 18.2 Å². The molecule has 98 valence electrons. The number of ether oxygens (including phenoxy) is 1. The first-order valence-corrected chi connectivity index (χ1v) is 6.48. The van der Waals surface area contributed by atoms with Crippen molar-refractivity contribution in [2.45, 2.75) is 32.7 Å². The van der Waals surface area contributed by atoms with E-state index in [1.54, 1.807) is 0 Å². The Morgan fingerprint density at radius 1 is 1.50 bits per heavy atom. The fourth-order valence-corrected chi connectivity index (χ4v) is 2.18. The molecule has 0 bridgehead atoms. The van der Waals surface area contributed by atoms with Gasteiger partial charge < -0.3 is 15.4 Å². The molecule has 18 heavy (non-hydrogen) atoms. The molecule has 0 saturated heterocycles. The van der Waals surface area contributed by atoms with Gasteiger partial charge in [-0.1, -0.05) is 6.92 Å². The highest BCUT2D eigenvalue weighted by molar-refractivity contribution is 5.91. The maximum Gasteiger partial charge on any atom is 0.225 e. The minimum Gasteiger partial charge on any atom is -0.493 e. The van der Waals surface area contributed by atoms with Gasteiger partial charge in [-0.25, -0.2) is 0 Å². The third-order valence-corrected chi connectivity index (χ3v) is 3.02. The van der Waals surface area contributed by atoms with Gasteiger partial charge in [0.1, 0.15) is 5.75 Å². The molecule has 1 aromatic rings. The molecule has 4 nitrogen and oxygen atoms in total. The summed E-state index contributed by atoms with van der Waals surface area (Å²) in [4.78, 5) is 11.8. The van der Waals surface area contributed by atoms with Gasteiger partial charge in [0, 0.05) is 24.6 Å². The van der Waals surface area contributed by atoms with Crippen molar-refractivity contribution in [3.8, 4) is 5.75 Å². The monoisotopic (exact) mass is 248 g/mol. The van der Waals surface area contributed by atoms with Crippen LogP contribution in [0.5, 0.6) is 5.75 Å². The Hall–Kier alpha value is -1.55. The molecular formula is C14H20N2O2. The molecule has 2 N–H and O–H groups in total. The predicted octanol–water partition coefficient (Wildman–Crippen LogP) is 1.95. The van der Waals surface area contributed by atoms with E-state index in [-0.39, 0.29) is 11.9 Å². The number of amides is 1. The molecular weight excluding hydrogens is 228 g/mol. The average molecular weight is 248 g/mol. The fraction of sp³-hybridized carbons (Fsp3) is 0.500. The highest BCUT2D eigenvalue weighted by atomic mass is 16.5. The lowest BCUT2D eigenvalue weighted by Gasteiger charge is -2.12. The van der Waals surface area contributed by atoms with Gasteiger partial charge in [-0.05, 0) is 37.2 Å². The minimum absolute atomic E-state index is 0.0438. The van der Waals surface area contributed by atoms with Crippen molar-refractivity contribution in [3.63, 3.8) is 0 Å². The largest absolute Gasteiger partial charge is 0.493 e. The summed E-state index contributed by atoms with van der Waals surface area (Å²) in [5.74, 6) is 0.983. The number of benzene rings is 1. The Bertz CT molecular complexity index is 432. The van der Waals surface area contributed by atoms with Crippen LogP contribution in [0.3, 0.4) is 0 Å². The van der Waals surface area contributed by atoms with E-state index < -0.39 is 0 Å². The van der Waals surface area contributed by atoms with Gasteiger partial charge in [-0.2, -0.15) is 0 Å². The number of nitrogens with one attached hydrogen (secondary N) is 2. The lowest BCUT2D eigenvalue weighted by Crippen LogP contribution is -2.30. The van der Waals surface area contributed by atoms with Crippen molar-refractivity contribution < 1.29 is 9.53 Å². The smallest absolute Gasteiger partial charge is 0.225 e. The van der Waals surface area contributed by atoms with E-state index in [0.29, 0.717) is 6.42 Å². The van der Waals surface area contributed by atoms with Gasteiger partial charge in [0.15, 0.2) is 0 Å². The van der Waals surface area contributed by atoms with Crippen LogP contribution in [0.1, 0.15) is 25.8 Å². The predicted molar refractivity (Wildman–Crippen MR) is 72.0 cm³/mol. The Morgan fingerprint density at radius 3 is 3.11 bits per heavy atom. The molecule has 1 aliphatic rings.